The lowest BCUT2D eigenvalue weighted by atomic mass is 10.1. The number of ether oxygens (including phenoxy) is 2. The van der Waals surface area contributed by atoms with Crippen molar-refractivity contribution in [3.05, 3.63) is 35.4 Å². The molecule has 1 aromatic rings. The molecule has 0 aliphatic heterocycles. The second-order valence-corrected chi connectivity index (χ2v) is 4.35. The Morgan fingerprint density at radius 3 is 2.32 bits per heavy atom. The first kappa shape index (κ1) is 17.2. The summed E-state index contributed by atoms with van der Waals surface area (Å²) in [6.07, 6.45) is 0.0469. The second kappa shape index (κ2) is 8.42. The Morgan fingerprint density at radius 1 is 1.18 bits per heavy atom. The van der Waals surface area contributed by atoms with Crippen molar-refractivity contribution < 1.29 is 23.9 Å². The topological polar surface area (TPSA) is 105 Å². The molecule has 0 bridgehead atoms. The highest BCUT2D eigenvalue weighted by Crippen LogP contribution is 2.06. The molecule has 0 radical (unpaired) electrons. The zero-order valence-electron chi connectivity index (χ0n) is 12.3. The Morgan fingerprint density at radius 2 is 1.82 bits per heavy atom. The molecule has 0 spiro atoms. The highest BCUT2D eigenvalue weighted by atomic mass is 16.5. The van der Waals surface area contributed by atoms with Gasteiger partial charge < -0.3 is 14.8 Å². The maximum absolute atomic E-state index is 12.1. The van der Waals surface area contributed by atoms with Crippen LogP contribution in [0.3, 0.4) is 0 Å². The van der Waals surface area contributed by atoms with E-state index in [1.807, 2.05) is 6.07 Å². The number of nitrogens with one attached hydrogen (secondary N) is 1. The van der Waals surface area contributed by atoms with Crippen molar-refractivity contribution >= 4 is 17.8 Å². The quantitative estimate of drug-likeness (QED) is 0.779. The average Bonchev–Trinajstić information content (AvgIpc) is 2.57. The molecule has 0 heterocycles. The number of methoxy groups -OCH3 is 2. The van der Waals surface area contributed by atoms with E-state index >= 15 is 0 Å². The van der Waals surface area contributed by atoms with Crippen LogP contribution < -0.4 is 5.32 Å². The molecule has 22 heavy (non-hydrogen) atoms. The lowest BCUT2D eigenvalue weighted by Crippen LogP contribution is -2.41. The van der Waals surface area contributed by atoms with Gasteiger partial charge in [0.2, 0.25) is 0 Å². The average molecular weight is 304 g/mol. The van der Waals surface area contributed by atoms with Crippen molar-refractivity contribution in [1.82, 2.24) is 5.32 Å². The largest absolute Gasteiger partial charge is 0.469 e. The van der Waals surface area contributed by atoms with Crippen molar-refractivity contribution in [1.29, 1.82) is 5.26 Å². The van der Waals surface area contributed by atoms with Crippen LogP contribution in [0.5, 0.6) is 0 Å². The number of nitriles is 1. The van der Waals surface area contributed by atoms with Crippen LogP contribution in [0.15, 0.2) is 24.3 Å². The molecule has 7 nitrogen and oxygen atoms in total. The number of carbonyl (C=O) groups excluding carboxylic acids is 3. The monoisotopic (exact) mass is 304 g/mol. The summed E-state index contributed by atoms with van der Waals surface area (Å²) in [5, 5.41) is 11.2. The summed E-state index contributed by atoms with van der Waals surface area (Å²) in [6, 6.07) is 6.93. The van der Waals surface area contributed by atoms with Crippen LogP contribution in [0.2, 0.25) is 0 Å². The van der Waals surface area contributed by atoms with Crippen LogP contribution in [0.4, 0.5) is 0 Å². The second-order valence-electron chi connectivity index (χ2n) is 4.35. The van der Waals surface area contributed by atoms with Gasteiger partial charge in [-0.1, -0.05) is 0 Å². The number of esters is 2. The van der Waals surface area contributed by atoms with E-state index in [0.29, 0.717) is 11.1 Å². The summed E-state index contributed by atoms with van der Waals surface area (Å²) in [5.41, 5.74) is 0.720. The van der Waals surface area contributed by atoms with Gasteiger partial charge in [0, 0.05) is 12.0 Å². The van der Waals surface area contributed by atoms with Crippen LogP contribution in [0.1, 0.15) is 28.8 Å². The lowest BCUT2D eigenvalue weighted by molar-refractivity contribution is -0.144. The number of nitrogens with zero attached hydrogens (tertiary/aromatic N) is 1. The number of rotatable bonds is 6. The Hall–Kier alpha value is -2.88. The van der Waals surface area contributed by atoms with E-state index in [0.717, 1.165) is 0 Å². The van der Waals surface area contributed by atoms with Crippen molar-refractivity contribution in [2.45, 2.75) is 18.9 Å². The minimum Gasteiger partial charge on any atom is -0.469 e. The van der Waals surface area contributed by atoms with Crippen molar-refractivity contribution in [2.75, 3.05) is 14.2 Å². The maximum Gasteiger partial charge on any atom is 0.328 e. The van der Waals surface area contributed by atoms with E-state index in [2.05, 4.69) is 14.8 Å². The SMILES string of the molecule is COC(=O)CC[C@H](NC(=O)c1ccc(C#N)cc1)C(=O)OC. The Balaban J connectivity index is 2.75. The van der Waals surface area contributed by atoms with Gasteiger partial charge in [-0.2, -0.15) is 5.26 Å². The first-order valence-corrected chi connectivity index (χ1v) is 6.47. The molecule has 1 aromatic carbocycles. The highest BCUT2D eigenvalue weighted by molar-refractivity contribution is 5.96. The number of hydrogen-bond donors (Lipinski definition) is 1. The zero-order valence-corrected chi connectivity index (χ0v) is 12.3. The van der Waals surface area contributed by atoms with E-state index in [4.69, 9.17) is 5.26 Å². The van der Waals surface area contributed by atoms with Gasteiger partial charge in [0.05, 0.1) is 25.9 Å². The molecule has 7 heteroatoms. The summed E-state index contributed by atoms with van der Waals surface area (Å²) in [4.78, 5) is 34.9. The fourth-order valence-corrected chi connectivity index (χ4v) is 1.69. The molecule has 0 aliphatic rings. The first-order chi connectivity index (χ1) is 10.5. The third kappa shape index (κ3) is 4.90. The molecule has 0 aliphatic carbocycles. The van der Waals surface area contributed by atoms with Crippen molar-refractivity contribution in [2.24, 2.45) is 0 Å². The predicted molar refractivity (Wildman–Crippen MR) is 75.7 cm³/mol. The van der Waals surface area contributed by atoms with E-state index in [1.54, 1.807) is 0 Å². The molecule has 0 saturated carbocycles. The van der Waals surface area contributed by atoms with Crippen molar-refractivity contribution in [3.63, 3.8) is 0 Å². The molecule has 0 saturated heterocycles. The smallest absolute Gasteiger partial charge is 0.328 e. The molecular weight excluding hydrogens is 288 g/mol. The molecular formula is C15H16N2O5. The summed E-state index contributed by atoms with van der Waals surface area (Å²) >= 11 is 0. The molecule has 1 atom stereocenters. The molecule has 1 amide bonds. The number of hydrogen-bond acceptors (Lipinski definition) is 6. The molecule has 0 fully saturated rings. The minimum absolute atomic E-state index is 0.0239. The van der Waals surface area contributed by atoms with Gasteiger partial charge in [-0.25, -0.2) is 4.79 Å². The zero-order chi connectivity index (χ0) is 16.5. The first-order valence-electron chi connectivity index (χ1n) is 6.47. The number of carbonyl (C=O) groups is 3. The highest BCUT2D eigenvalue weighted by Gasteiger charge is 2.23. The molecule has 116 valence electrons. The summed E-state index contributed by atoms with van der Waals surface area (Å²) < 4.78 is 9.10. The molecule has 0 aromatic heterocycles. The van der Waals surface area contributed by atoms with E-state index in [1.165, 1.54) is 38.5 Å². The van der Waals surface area contributed by atoms with Crippen molar-refractivity contribution in [3.8, 4) is 6.07 Å². The molecule has 1 N–H and O–H groups in total. The lowest BCUT2D eigenvalue weighted by Gasteiger charge is -2.16. The van der Waals surface area contributed by atoms with Gasteiger partial charge >= 0.3 is 11.9 Å². The summed E-state index contributed by atoms with van der Waals surface area (Å²) in [7, 11) is 2.44. The minimum atomic E-state index is -0.952. The van der Waals surface area contributed by atoms with Crippen LogP contribution >= 0.6 is 0 Å². The van der Waals surface area contributed by atoms with E-state index in [-0.39, 0.29) is 12.8 Å². The standard InChI is InChI=1S/C15H16N2O5/c1-21-13(18)8-7-12(15(20)22-2)17-14(19)11-5-3-10(9-16)4-6-11/h3-6,12H,7-8H2,1-2H3,(H,17,19)/t12-/m0/s1. The van der Waals surface area contributed by atoms with Gasteiger partial charge in [0.1, 0.15) is 6.04 Å². The third-order valence-electron chi connectivity index (χ3n) is 2.93. The number of amides is 1. The van der Waals surface area contributed by atoms with Gasteiger partial charge in [0.15, 0.2) is 0 Å². The van der Waals surface area contributed by atoms with Gasteiger partial charge in [-0.15, -0.1) is 0 Å². The Bertz CT molecular complexity index is 589. The van der Waals surface area contributed by atoms with Crippen LogP contribution in [0.25, 0.3) is 0 Å². The summed E-state index contributed by atoms with van der Waals surface area (Å²) in [6.45, 7) is 0. The van der Waals surface area contributed by atoms with E-state index in [9.17, 15) is 14.4 Å². The number of benzene rings is 1. The van der Waals surface area contributed by atoms with Crippen LogP contribution in [0, 0.1) is 11.3 Å². The predicted octanol–water partition coefficient (Wildman–Crippen LogP) is 0.783. The van der Waals surface area contributed by atoms with Gasteiger partial charge in [-0.05, 0) is 30.7 Å². The van der Waals surface area contributed by atoms with Gasteiger partial charge in [-0.3, -0.25) is 9.59 Å². The normalized spacial score (nSPS) is 11.0. The third-order valence-corrected chi connectivity index (χ3v) is 2.93. The Labute approximate surface area is 127 Å². The summed E-state index contributed by atoms with van der Waals surface area (Å²) in [5.74, 6) is -1.63. The van der Waals surface area contributed by atoms with Crippen LogP contribution in [-0.4, -0.2) is 38.1 Å². The fraction of sp³-hybridized carbons (Fsp3) is 0.333. The van der Waals surface area contributed by atoms with Gasteiger partial charge in [0.25, 0.3) is 5.91 Å². The molecule has 0 unspecified atom stereocenters. The fourth-order valence-electron chi connectivity index (χ4n) is 1.69. The van der Waals surface area contributed by atoms with E-state index < -0.39 is 23.9 Å². The van der Waals surface area contributed by atoms with Crippen LogP contribution in [-0.2, 0) is 19.1 Å². The maximum atomic E-state index is 12.1. The molecule has 1 rings (SSSR count). The Kier molecular flexibility index (Phi) is 6.57.